The quantitative estimate of drug-likeness (QED) is 0.547. The largest absolute Gasteiger partial charge is 0.493 e. The highest BCUT2D eigenvalue weighted by atomic mass is 32.2. The molecule has 0 atom stereocenters. The third kappa shape index (κ3) is 4.08. The Balaban J connectivity index is 2.32. The highest BCUT2D eigenvalue weighted by Gasteiger charge is 2.19. The summed E-state index contributed by atoms with van der Waals surface area (Å²) in [6.45, 7) is 1.89. The van der Waals surface area contributed by atoms with Crippen LogP contribution in [-0.2, 0) is 10.0 Å². The lowest BCUT2D eigenvalue weighted by Crippen LogP contribution is -2.21. The van der Waals surface area contributed by atoms with E-state index in [2.05, 4.69) is 5.10 Å². The molecule has 2 rings (SSSR count). The molecule has 2 aromatic carbocycles. The van der Waals surface area contributed by atoms with Gasteiger partial charge >= 0.3 is 0 Å². The van der Waals surface area contributed by atoms with E-state index in [4.69, 9.17) is 14.2 Å². The van der Waals surface area contributed by atoms with Crippen LogP contribution in [0.1, 0.15) is 11.1 Å². The van der Waals surface area contributed by atoms with E-state index in [9.17, 15) is 8.42 Å². The second-order valence-corrected chi connectivity index (χ2v) is 7.41. The van der Waals surface area contributed by atoms with E-state index < -0.39 is 10.0 Å². The van der Waals surface area contributed by atoms with Crippen molar-refractivity contribution in [3.05, 3.63) is 47.5 Å². The average Bonchev–Trinajstić information content (AvgIpc) is 2.65. The SMILES string of the molecule is COc1cc(/C=N/N(C)S(=O)(=O)c2ccc(C)cc2)cc(OC)c1OC. The van der Waals surface area contributed by atoms with Crippen LogP contribution in [-0.4, -0.2) is 47.4 Å². The summed E-state index contributed by atoms with van der Waals surface area (Å²) >= 11 is 0. The number of hydrazone groups is 1. The summed E-state index contributed by atoms with van der Waals surface area (Å²) in [6.07, 6.45) is 1.41. The van der Waals surface area contributed by atoms with Crippen LogP contribution >= 0.6 is 0 Å². The van der Waals surface area contributed by atoms with Crippen LogP contribution in [0.25, 0.3) is 0 Å². The lowest BCUT2D eigenvalue weighted by Gasteiger charge is -2.15. The molecule has 7 nitrogen and oxygen atoms in total. The summed E-state index contributed by atoms with van der Waals surface area (Å²) in [5.41, 5.74) is 1.58. The van der Waals surface area contributed by atoms with Crippen molar-refractivity contribution in [3.8, 4) is 17.2 Å². The maximum Gasteiger partial charge on any atom is 0.278 e. The molecule has 0 spiro atoms. The second kappa shape index (κ2) is 8.09. The van der Waals surface area contributed by atoms with Crippen molar-refractivity contribution >= 4 is 16.2 Å². The van der Waals surface area contributed by atoms with Gasteiger partial charge in [-0.25, -0.2) is 0 Å². The number of hydrogen-bond donors (Lipinski definition) is 0. The number of ether oxygens (including phenoxy) is 3. The number of benzene rings is 2. The van der Waals surface area contributed by atoms with Crippen molar-refractivity contribution in [1.29, 1.82) is 0 Å². The number of hydrogen-bond acceptors (Lipinski definition) is 6. The fourth-order valence-electron chi connectivity index (χ4n) is 2.25. The molecule has 0 saturated carbocycles. The summed E-state index contributed by atoms with van der Waals surface area (Å²) in [7, 11) is 2.18. The highest BCUT2D eigenvalue weighted by Crippen LogP contribution is 2.37. The summed E-state index contributed by atoms with van der Waals surface area (Å²) < 4.78 is 41.8. The lowest BCUT2D eigenvalue weighted by atomic mass is 10.2. The van der Waals surface area contributed by atoms with E-state index in [0.717, 1.165) is 9.98 Å². The van der Waals surface area contributed by atoms with Gasteiger partial charge in [-0.1, -0.05) is 17.7 Å². The van der Waals surface area contributed by atoms with Crippen molar-refractivity contribution in [3.63, 3.8) is 0 Å². The molecule has 0 aliphatic carbocycles. The molecule has 0 amide bonds. The summed E-state index contributed by atoms with van der Waals surface area (Å²) in [5.74, 6) is 1.36. The molecule has 0 heterocycles. The fraction of sp³-hybridized carbons (Fsp3) is 0.278. The molecule has 0 aliphatic rings. The highest BCUT2D eigenvalue weighted by molar-refractivity contribution is 7.89. The molecule has 26 heavy (non-hydrogen) atoms. The van der Waals surface area contributed by atoms with Gasteiger partial charge < -0.3 is 14.2 Å². The fourth-order valence-corrected chi connectivity index (χ4v) is 3.21. The van der Waals surface area contributed by atoms with Gasteiger partial charge in [0.05, 0.1) is 32.4 Å². The van der Waals surface area contributed by atoms with Crippen molar-refractivity contribution in [2.75, 3.05) is 28.4 Å². The van der Waals surface area contributed by atoms with Crippen molar-refractivity contribution in [2.45, 2.75) is 11.8 Å². The molecule has 0 radical (unpaired) electrons. The predicted octanol–water partition coefficient (Wildman–Crippen LogP) is 2.68. The number of nitrogens with zero attached hydrogens (tertiary/aromatic N) is 2. The van der Waals surface area contributed by atoms with E-state index in [1.165, 1.54) is 34.6 Å². The Kier molecular flexibility index (Phi) is 6.10. The van der Waals surface area contributed by atoms with E-state index >= 15 is 0 Å². The first-order valence-corrected chi connectivity index (χ1v) is 9.17. The third-order valence-electron chi connectivity index (χ3n) is 3.72. The Morgan fingerprint density at radius 2 is 1.50 bits per heavy atom. The zero-order valence-corrected chi connectivity index (χ0v) is 16.2. The van der Waals surface area contributed by atoms with Gasteiger partial charge in [0.1, 0.15) is 0 Å². The molecule has 0 bridgehead atoms. The number of rotatable bonds is 7. The minimum atomic E-state index is -3.72. The zero-order valence-electron chi connectivity index (χ0n) is 15.4. The van der Waals surface area contributed by atoms with Crippen molar-refractivity contribution < 1.29 is 22.6 Å². The van der Waals surface area contributed by atoms with Crippen LogP contribution in [0.5, 0.6) is 17.2 Å². The Morgan fingerprint density at radius 3 is 1.96 bits per heavy atom. The molecular weight excluding hydrogens is 356 g/mol. The van der Waals surface area contributed by atoms with Crippen LogP contribution in [0, 0.1) is 6.92 Å². The first-order valence-electron chi connectivity index (χ1n) is 7.73. The molecule has 8 heteroatoms. The Labute approximate surface area is 153 Å². The van der Waals surface area contributed by atoms with Gasteiger partial charge in [0.2, 0.25) is 5.75 Å². The second-order valence-electron chi connectivity index (χ2n) is 5.46. The number of aryl methyl sites for hydroxylation is 1. The summed E-state index contributed by atoms with van der Waals surface area (Å²) in [4.78, 5) is 0.174. The number of methoxy groups -OCH3 is 3. The minimum Gasteiger partial charge on any atom is -0.493 e. The Hall–Kier alpha value is -2.74. The smallest absolute Gasteiger partial charge is 0.278 e. The molecule has 140 valence electrons. The average molecular weight is 378 g/mol. The maximum absolute atomic E-state index is 12.6. The first kappa shape index (κ1) is 19.6. The molecule has 2 aromatic rings. The molecule has 0 aliphatic heterocycles. The van der Waals surface area contributed by atoms with Gasteiger partial charge in [-0.05, 0) is 31.2 Å². The van der Waals surface area contributed by atoms with Crippen LogP contribution in [0.15, 0.2) is 46.4 Å². The van der Waals surface area contributed by atoms with Gasteiger partial charge in [0.25, 0.3) is 10.0 Å². The summed E-state index contributed by atoms with van der Waals surface area (Å²) in [6, 6.07) is 9.94. The summed E-state index contributed by atoms with van der Waals surface area (Å²) in [5, 5.41) is 4.04. The van der Waals surface area contributed by atoms with Gasteiger partial charge in [0, 0.05) is 12.6 Å². The number of sulfonamides is 1. The molecule has 0 unspecified atom stereocenters. The first-order chi connectivity index (χ1) is 12.3. The van der Waals surface area contributed by atoms with E-state index in [0.29, 0.717) is 22.8 Å². The Bertz CT molecular complexity index is 867. The zero-order chi connectivity index (χ0) is 19.3. The van der Waals surface area contributed by atoms with Crippen LogP contribution in [0.2, 0.25) is 0 Å². The van der Waals surface area contributed by atoms with E-state index in [1.807, 2.05) is 6.92 Å². The van der Waals surface area contributed by atoms with E-state index in [1.54, 1.807) is 36.4 Å². The van der Waals surface area contributed by atoms with Crippen molar-refractivity contribution in [2.24, 2.45) is 5.10 Å². The predicted molar refractivity (Wildman–Crippen MR) is 99.8 cm³/mol. The normalized spacial score (nSPS) is 11.4. The third-order valence-corrected chi connectivity index (χ3v) is 5.38. The van der Waals surface area contributed by atoms with Crippen molar-refractivity contribution in [1.82, 2.24) is 4.41 Å². The molecular formula is C18H22N2O5S. The standard InChI is InChI=1S/C18H22N2O5S/c1-13-6-8-15(9-7-13)26(21,22)20(2)19-12-14-10-16(23-3)18(25-5)17(11-14)24-4/h6-12H,1-5H3/b19-12+. The van der Waals surface area contributed by atoms with Crippen LogP contribution in [0.4, 0.5) is 0 Å². The maximum atomic E-state index is 12.6. The molecule has 0 N–H and O–H groups in total. The molecule has 0 aromatic heterocycles. The van der Waals surface area contributed by atoms with Crippen LogP contribution in [0.3, 0.4) is 0 Å². The molecule has 0 fully saturated rings. The monoisotopic (exact) mass is 378 g/mol. The van der Waals surface area contributed by atoms with Gasteiger partial charge in [-0.3, -0.25) is 0 Å². The van der Waals surface area contributed by atoms with Gasteiger partial charge in [0.15, 0.2) is 11.5 Å². The lowest BCUT2D eigenvalue weighted by molar-refractivity contribution is 0.324. The minimum absolute atomic E-state index is 0.174. The van der Waals surface area contributed by atoms with E-state index in [-0.39, 0.29) is 4.90 Å². The molecule has 0 saturated heterocycles. The Morgan fingerprint density at radius 1 is 0.962 bits per heavy atom. The van der Waals surface area contributed by atoms with Crippen LogP contribution < -0.4 is 14.2 Å². The van der Waals surface area contributed by atoms with Gasteiger partial charge in [-0.15, -0.1) is 0 Å². The topological polar surface area (TPSA) is 77.4 Å². The van der Waals surface area contributed by atoms with Gasteiger partial charge in [-0.2, -0.15) is 17.9 Å².